The van der Waals surface area contributed by atoms with Crippen molar-refractivity contribution in [3.8, 4) is 0 Å². The van der Waals surface area contributed by atoms with E-state index in [1.54, 1.807) is 11.9 Å². The van der Waals surface area contributed by atoms with Crippen molar-refractivity contribution in [3.63, 3.8) is 0 Å². The van der Waals surface area contributed by atoms with Crippen LogP contribution in [-0.2, 0) is 4.79 Å². The first kappa shape index (κ1) is 15.8. The molecule has 110 valence electrons. The Bertz CT molecular complexity index is 307. The lowest BCUT2D eigenvalue weighted by atomic mass is 9.96. The van der Waals surface area contributed by atoms with E-state index in [1.807, 2.05) is 0 Å². The maximum Gasteiger partial charge on any atom is 0.317 e. The molecule has 2 atom stereocenters. The van der Waals surface area contributed by atoms with Gasteiger partial charge in [-0.2, -0.15) is 0 Å². The Morgan fingerprint density at radius 3 is 2.68 bits per heavy atom. The molecule has 0 aromatic carbocycles. The molecule has 2 amide bonds. The summed E-state index contributed by atoms with van der Waals surface area (Å²) in [6.45, 7) is 3.37. The average molecular weight is 270 g/mol. The van der Waals surface area contributed by atoms with Crippen LogP contribution in [0.1, 0.15) is 45.4 Å². The van der Waals surface area contributed by atoms with Gasteiger partial charge >= 0.3 is 12.0 Å². The minimum absolute atomic E-state index is 0.0884. The van der Waals surface area contributed by atoms with Crippen LogP contribution in [0.4, 0.5) is 4.79 Å². The van der Waals surface area contributed by atoms with E-state index in [-0.39, 0.29) is 17.9 Å². The summed E-state index contributed by atoms with van der Waals surface area (Å²) in [5.74, 6) is -0.927. The molecule has 2 unspecified atom stereocenters. The van der Waals surface area contributed by atoms with Gasteiger partial charge in [-0.1, -0.05) is 26.2 Å². The Morgan fingerprint density at radius 1 is 1.32 bits per heavy atom. The van der Waals surface area contributed by atoms with Gasteiger partial charge in [-0.3, -0.25) is 4.79 Å². The van der Waals surface area contributed by atoms with E-state index < -0.39 is 5.97 Å². The maximum atomic E-state index is 11.8. The molecule has 19 heavy (non-hydrogen) atoms. The molecular formula is C14H26N2O3. The Hall–Kier alpha value is -1.26. The molecule has 0 heterocycles. The number of hydrogen-bond donors (Lipinski definition) is 2. The molecule has 0 aliphatic heterocycles. The van der Waals surface area contributed by atoms with Crippen LogP contribution in [0.3, 0.4) is 0 Å². The van der Waals surface area contributed by atoms with Crippen LogP contribution in [0.25, 0.3) is 0 Å². The Balaban J connectivity index is 2.27. The lowest BCUT2D eigenvalue weighted by Crippen LogP contribution is -2.41. The molecule has 0 saturated heterocycles. The SMILES string of the molecule is CCCCCN(C)C(=O)NCC1CCCC1C(=O)O. The van der Waals surface area contributed by atoms with Crippen molar-refractivity contribution < 1.29 is 14.7 Å². The molecule has 5 nitrogen and oxygen atoms in total. The number of aliphatic carboxylic acids is 1. The molecule has 1 saturated carbocycles. The normalized spacial score (nSPS) is 22.2. The summed E-state index contributed by atoms with van der Waals surface area (Å²) < 4.78 is 0. The van der Waals surface area contributed by atoms with Gasteiger partial charge in [-0.25, -0.2) is 4.79 Å². The van der Waals surface area contributed by atoms with Crippen molar-refractivity contribution in [2.24, 2.45) is 11.8 Å². The van der Waals surface area contributed by atoms with E-state index in [4.69, 9.17) is 5.11 Å². The van der Waals surface area contributed by atoms with Crippen LogP contribution in [0, 0.1) is 11.8 Å². The minimum atomic E-state index is -0.729. The number of urea groups is 1. The predicted molar refractivity (Wildman–Crippen MR) is 74.0 cm³/mol. The zero-order chi connectivity index (χ0) is 14.3. The lowest BCUT2D eigenvalue weighted by Gasteiger charge is -2.21. The highest BCUT2D eigenvalue weighted by molar-refractivity contribution is 5.74. The number of carbonyl (C=O) groups excluding carboxylic acids is 1. The number of rotatable bonds is 7. The van der Waals surface area contributed by atoms with Gasteiger partial charge < -0.3 is 15.3 Å². The largest absolute Gasteiger partial charge is 0.481 e. The summed E-state index contributed by atoms with van der Waals surface area (Å²) in [6, 6.07) is -0.0906. The molecule has 0 spiro atoms. The van der Waals surface area contributed by atoms with Crippen LogP contribution >= 0.6 is 0 Å². The van der Waals surface area contributed by atoms with Crippen molar-refractivity contribution in [2.75, 3.05) is 20.1 Å². The molecule has 2 N–H and O–H groups in total. The van der Waals surface area contributed by atoms with Gasteiger partial charge in [0.25, 0.3) is 0 Å². The van der Waals surface area contributed by atoms with Crippen molar-refractivity contribution in [2.45, 2.75) is 45.4 Å². The van der Waals surface area contributed by atoms with E-state index >= 15 is 0 Å². The fourth-order valence-electron chi connectivity index (χ4n) is 2.66. The highest BCUT2D eigenvalue weighted by atomic mass is 16.4. The third-order valence-electron chi connectivity index (χ3n) is 3.94. The molecule has 5 heteroatoms. The molecule has 1 aliphatic rings. The van der Waals surface area contributed by atoms with Crippen molar-refractivity contribution in [1.82, 2.24) is 10.2 Å². The van der Waals surface area contributed by atoms with E-state index in [1.165, 1.54) is 0 Å². The zero-order valence-electron chi connectivity index (χ0n) is 12.0. The first-order chi connectivity index (χ1) is 9.06. The number of carboxylic acid groups (broad SMARTS) is 1. The highest BCUT2D eigenvalue weighted by Crippen LogP contribution is 2.31. The summed E-state index contributed by atoms with van der Waals surface area (Å²) in [5.41, 5.74) is 0. The van der Waals surface area contributed by atoms with Crippen LogP contribution in [-0.4, -0.2) is 42.1 Å². The molecule has 0 aromatic rings. The van der Waals surface area contributed by atoms with Gasteiger partial charge in [0, 0.05) is 20.1 Å². The molecule has 1 fully saturated rings. The molecule has 0 radical (unpaired) electrons. The predicted octanol–water partition coefficient (Wildman–Crippen LogP) is 2.32. The quantitative estimate of drug-likeness (QED) is 0.697. The van der Waals surface area contributed by atoms with Gasteiger partial charge in [-0.05, 0) is 25.2 Å². The van der Waals surface area contributed by atoms with Crippen molar-refractivity contribution in [1.29, 1.82) is 0 Å². The summed E-state index contributed by atoms with van der Waals surface area (Å²) in [5, 5.41) is 11.9. The molecule has 1 aliphatic carbocycles. The fourth-order valence-corrected chi connectivity index (χ4v) is 2.66. The van der Waals surface area contributed by atoms with Crippen molar-refractivity contribution in [3.05, 3.63) is 0 Å². The molecular weight excluding hydrogens is 244 g/mol. The summed E-state index contributed by atoms with van der Waals surface area (Å²) in [6.07, 6.45) is 5.86. The third-order valence-corrected chi connectivity index (χ3v) is 3.94. The summed E-state index contributed by atoms with van der Waals surface area (Å²) >= 11 is 0. The number of hydrogen-bond acceptors (Lipinski definition) is 2. The monoisotopic (exact) mass is 270 g/mol. The first-order valence-electron chi connectivity index (χ1n) is 7.28. The van der Waals surface area contributed by atoms with Gasteiger partial charge in [-0.15, -0.1) is 0 Å². The van der Waals surface area contributed by atoms with Crippen LogP contribution < -0.4 is 5.32 Å². The van der Waals surface area contributed by atoms with Crippen molar-refractivity contribution >= 4 is 12.0 Å². The van der Waals surface area contributed by atoms with E-state index in [0.717, 1.165) is 45.1 Å². The van der Waals surface area contributed by atoms with Crippen LogP contribution in [0.2, 0.25) is 0 Å². The lowest BCUT2D eigenvalue weighted by molar-refractivity contribution is -0.142. The first-order valence-corrected chi connectivity index (χ1v) is 7.28. The highest BCUT2D eigenvalue weighted by Gasteiger charge is 2.32. The average Bonchev–Trinajstić information content (AvgIpc) is 2.84. The Labute approximate surface area is 115 Å². The number of nitrogens with zero attached hydrogens (tertiary/aromatic N) is 1. The number of nitrogens with one attached hydrogen (secondary N) is 1. The Morgan fingerprint density at radius 2 is 2.05 bits per heavy atom. The maximum absolute atomic E-state index is 11.8. The third kappa shape index (κ3) is 5.09. The number of carbonyl (C=O) groups is 2. The van der Waals surface area contributed by atoms with E-state index in [9.17, 15) is 9.59 Å². The summed E-state index contributed by atoms with van der Waals surface area (Å²) in [4.78, 5) is 24.6. The molecule has 1 rings (SSSR count). The van der Waals surface area contributed by atoms with Crippen LogP contribution in [0.5, 0.6) is 0 Å². The van der Waals surface area contributed by atoms with E-state index in [2.05, 4.69) is 12.2 Å². The second kappa shape index (κ2) is 8.02. The number of carboxylic acids is 1. The summed E-state index contributed by atoms with van der Waals surface area (Å²) in [7, 11) is 1.79. The second-order valence-corrected chi connectivity index (χ2v) is 5.45. The Kier molecular flexibility index (Phi) is 6.67. The van der Waals surface area contributed by atoms with Gasteiger partial charge in [0.05, 0.1) is 5.92 Å². The number of amides is 2. The second-order valence-electron chi connectivity index (χ2n) is 5.45. The molecule has 0 aromatic heterocycles. The van der Waals surface area contributed by atoms with Gasteiger partial charge in [0.15, 0.2) is 0 Å². The number of unbranched alkanes of at least 4 members (excludes halogenated alkanes) is 2. The van der Waals surface area contributed by atoms with Gasteiger partial charge in [0.2, 0.25) is 0 Å². The van der Waals surface area contributed by atoms with Gasteiger partial charge in [0.1, 0.15) is 0 Å². The molecule has 0 bridgehead atoms. The standard InChI is InChI=1S/C14H26N2O3/c1-3-4-5-9-16(2)14(19)15-10-11-7-6-8-12(11)13(17)18/h11-12H,3-10H2,1-2H3,(H,15,19)(H,17,18). The fraction of sp³-hybridized carbons (Fsp3) is 0.857. The minimum Gasteiger partial charge on any atom is -0.481 e. The zero-order valence-corrected chi connectivity index (χ0v) is 12.0. The smallest absolute Gasteiger partial charge is 0.317 e. The van der Waals surface area contributed by atoms with E-state index in [0.29, 0.717) is 6.54 Å². The topological polar surface area (TPSA) is 69.6 Å². The van der Waals surface area contributed by atoms with Crippen LogP contribution in [0.15, 0.2) is 0 Å².